The van der Waals surface area contributed by atoms with Crippen molar-refractivity contribution in [3.05, 3.63) is 12.2 Å². The predicted octanol–water partition coefficient (Wildman–Crippen LogP) is 2.97. The highest BCUT2D eigenvalue weighted by molar-refractivity contribution is 5.82. The van der Waals surface area contributed by atoms with E-state index < -0.39 is 6.10 Å². The molecule has 1 aliphatic heterocycles. The fourth-order valence-corrected chi connectivity index (χ4v) is 2.07. The van der Waals surface area contributed by atoms with Crippen LogP contribution in [0.15, 0.2) is 12.2 Å². The first-order valence-corrected chi connectivity index (χ1v) is 6.75. The van der Waals surface area contributed by atoms with Gasteiger partial charge in [0.1, 0.15) is 0 Å². The Morgan fingerprint density at radius 2 is 1.71 bits per heavy atom. The molecule has 0 fully saturated rings. The minimum Gasteiger partial charge on any atom is -0.460 e. The smallest absolute Gasteiger partial charge is 0.330 e. The van der Waals surface area contributed by atoms with E-state index in [0.29, 0.717) is 0 Å². The van der Waals surface area contributed by atoms with Crippen LogP contribution < -0.4 is 0 Å². The molecule has 0 saturated heterocycles. The van der Waals surface area contributed by atoms with Gasteiger partial charge in [-0.25, -0.2) is 4.79 Å². The second-order valence-corrected chi connectivity index (χ2v) is 4.87. The Hall–Kier alpha value is -0.830. The second kappa shape index (κ2) is 8.29. The quantitative estimate of drug-likeness (QED) is 0.662. The van der Waals surface area contributed by atoms with E-state index in [1.165, 1.54) is 31.8 Å². The predicted molar refractivity (Wildman–Crippen MR) is 67.6 cm³/mol. The lowest BCUT2D eigenvalue weighted by molar-refractivity contribution is -0.142. The first kappa shape index (κ1) is 14.2. The first-order valence-electron chi connectivity index (χ1n) is 6.75. The summed E-state index contributed by atoms with van der Waals surface area (Å²) in [5, 5.41) is 9.61. The number of carbonyl (C=O) groups is 1. The lowest BCUT2D eigenvalue weighted by Gasteiger charge is -2.12. The third-order valence-corrected chi connectivity index (χ3v) is 3.13. The van der Waals surface area contributed by atoms with Gasteiger partial charge in [0.25, 0.3) is 0 Å². The number of rotatable bonds is 0. The maximum Gasteiger partial charge on any atom is 0.330 e. The van der Waals surface area contributed by atoms with Crippen molar-refractivity contribution in [1.82, 2.24) is 0 Å². The highest BCUT2D eigenvalue weighted by Gasteiger charge is 2.08. The van der Waals surface area contributed by atoms with Crippen LogP contribution >= 0.6 is 0 Å². The SMILES string of the molecule is CC1CCCCCCCC[C@@H](O)/C=C/C(=O)O1. The molecule has 0 aromatic carbocycles. The van der Waals surface area contributed by atoms with Crippen molar-refractivity contribution in [2.45, 2.75) is 70.5 Å². The first-order chi connectivity index (χ1) is 8.18. The van der Waals surface area contributed by atoms with Crippen LogP contribution in [0.3, 0.4) is 0 Å². The molecule has 1 unspecified atom stereocenters. The van der Waals surface area contributed by atoms with E-state index in [2.05, 4.69) is 0 Å². The molecule has 3 heteroatoms. The van der Waals surface area contributed by atoms with Gasteiger partial charge in [-0.15, -0.1) is 0 Å². The summed E-state index contributed by atoms with van der Waals surface area (Å²) >= 11 is 0. The maximum atomic E-state index is 11.4. The molecule has 1 aliphatic rings. The van der Waals surface area contributed by atoms with E-state index in [1.807, 2.05) is 6.92 Å². The standard InChI is InChI=1S/C14H24O3/c1-12-8-6-4-2-3-5-7-9-13(15)10-11-14(16)17-12/h10-13,15H,2-9H2,1H3/b11-10+/t12?,13-/m1/s1. The summed E-state index contributed by atoms with van der Waals surface area (Å²) < 4.78 is 5.21. The van der Waals surface area contributed by atoms with Crippen molar-refractivity contribution in [1.29, 1.82) is 0 Å². The van der Waals surface area contributed by atoms with Crippen molar-refractivity contribution >= 4 is 5.97 Å². The lowest BCUT2D eigenvalue weighted by atomic mass is 10.0. The average molecular weight is 240 g/mol. The number of esters is 1. The Morgan fingerprint density at radius 1 is 1.12 bits per heavy atom. The molecule has 0 amide bonds. The summed E-state index contributed by atoms with van der Waals surface area (Å²) in [4.78, 5) is 11.4. The van der Waals surface area contributed by atoms with Gasteiger partial charge in [0.2, 0.25) is 0 Å². The molecule has 1 N–H and O–H groups in total. The molecule has 1 rings (SSSR count). The van der Waals surface area contributed by atoms with Crippen LogP contribution in [-0.2, 0) is 9.53 Å². The van der Waals surface area contributed by atoms with Crippen molar-refractivity contribution in [2.75, 3.05) is 0 Å². The van der Waals surface area contributed by atoms with Gasteiger partial charge < -0.3 is 9.84 Å². The van der Waals surface area contributed by atoms with Gasteiger partial charge in [0, 0.05) is 6.08 Å². The van der Waals surface area contributed by atoms with Crippen LogP contribution in [0.1, 0.15) is 58.3 Å². The van der Waals surface area contributed by atoms with Crippen molar-refractivity contribution < 1.29 is 14.6 Å². The molecule has 0 aromatic heterocycles. The topological polar surface area (TPSA) is 46.5 Å². The molecule has 0 bridgehead atoms. The Kier molecular flexibility index (Phi) is 6.94. The number of carbonyl (C=O) groups excluding carboxylic acids is 1. The molecular weight excluding hydrogens is 216 g/mol. The van der Waals surface area contributed by atoms with Gasteiger partial charge in [-0.2, -0.15) is 0 Å². The Bertz CT molecular complexity index is 248. The molecule has 3 nitrogen and oxygen atoms in total. The van der Waals surface area contributed by atoms with Crippen LogP contribution in [-0.4, -0.2) is 23.3 Å². The fraction of sp³-hybridized carbons (Fsp3) is 0.786. The van der Waals surface area contributed by atoms with Crippen LogP contribution in [0, 0.1) is 0 Å². The zero-order chi connectivity index (χ0) is 12.5. The largest absolute Gasteiger partial charge is 0.460 e. The number of hydrogen-bond acceptors (Lipinski definition) is 3. The van der Waals surface area contributed by atoms with E-state index in [9.17, 15) is 9.90 Å². The van der Waals surface area contributed by atoms with Gasteiger partial charge in [0.15, 0.2) is 0 Å². The minimum atomic E-state index is -0.513. The van der Waals surface area contributed by atoms with Crippen LogP contribution in [0.5, 0.6) is 0 Å². The molecule has 0 aliphatic carbocycles. The second-order valence-electron chi connectivity index (χ2n) is 4.87. The number of aliphatic hydroxyl groups excluding tert-OH is 1. The molecule has 0 spiro atoms. The normalized spacial score (nSPS) is 31.3. The zero-order valence-electron chi connectivity index (χ0n) is 10.7. The highest BCUT2D eigenvalue weighted by Crippen LogP contribution is 2.13. The third-order valence-electron chi connectivity index (χ3n) is 3.13. The van der Waals surface area contributed by atoms with E-state index in [1.54, 1.807) is 6.08 Å². The summed E-state index contributed by atoms with van der Waals surface area (Å²) in [6.45, 7) is 1.92. The number of cyclic esters (lactones) is 1. The Morgan fingerprint density at radius 3 is 2.41 bits per heavy atom. The molecular formula is C14H24O3. The lowest BCUT2D eigenvalue weighted by Crippen LogP contribution is -2.14. The number of ether oxygens (including phenoxy) is 1. The highest BCUT2D eigenvalue weighted by atomic mass is 16.5. The van der Waals surface area contributed by atoms with Crippen LogP contribution in [0.2, 0.25) is 0 Å². The summed E-state index contributed by atoms with van der Waals surface area (Å²) in [5.41, 5.74) is 0. The van der Waals surface area contributed by atoms with Gasteiger partial charge in [0.05, 0.1) is 12.2 Å². The monoisotopic (exact) mass is 240 g/mol. The summed E-state index contributed by atoms with van der Waals surface area (Å²) in [6.07, 6.45) is 11.0. The van der Waals surface area contributed by atoms with Crippen molar-refractivity contribution in [3.8, 4) is 0 Å². The molecule has 0 aromatic rings. The van der Waals surface area contributed by atoms with Crippen LogP contribution in [0.25, 0.3) is 0 Å². The molecule has 2 atom stereocenters. The van der Waals surface area contributed by atoms with Gasteiger partial charge in [-0.05, 0) is 32.3 Å². The number of hydrogen-bond donors (Lipinski definition) is 1. The molecule has 0 saturated carbocycles. The maximum absolute atomic E-state index is 11.4. The summed E-state index contributed by atoms with van der Waals surface area (Å²) in [6, 6.07) is 0. The number of aliphatic hydroxyl groups is 1. The van der Waals surface area contributed by atoms with E-state index >= 15 is 0 Å². The summed E-state index contributed by atoms with van der Waals surface area (Å²) in [7, 11) is 0. The zero-order valence-corrected chi connectivity index (χ0v) is 10.7. The molecule has 98 valence electrons. The Balaban J connectivity index is 2.44. The molecule has 0 radical (unpaired) electrons. The minimum absolute atomic E-state index is 0.0211. The third kappa shape index (κ3) is 7.16. The summed E-state index contributed by atoms with van der Waals surface area (Å²) in [5.74, 6) is -0.339. The van der Waals surface area contributed by atoms with Gasteiger partial charge in [-0.3, -0.25) is 0 Å². The average Bonchev–Trinajstić information content (AvgIpc) is 2.29. The van der Waals surface area contributed by atoms with Crippen molar-refractivity contribution in [3.63, 3.8) is 0 Å². The van der Waals surface area contributed by atoms with E-state index in [0.717, 1.165) is 25.7 Å². The van der Waals surface area contributed by atoms with Gasteiger partial charge >= 0.3 is 5.97 Å². The fourth-order valence-electron chi connectivity index (χ4n) is 2.07. The van der Waals surface area contributed by atoms with Crippen molar-refractivity contribution in [2.24, 2.45) is 0 Å². The Labute approximate surface area is 104 Å². The van der Waals surface area contributed by atoms with Crippen LogP contribution in [0.4, 0.5) is 0 Å². The molecule has 17 heavy (non-hydrogen) atoms. The molecule has 1 heterocycles. The van der Waals surface area contributed by atoms with E-state index in [-0.39, 0.29) is 12.1 Å². The van der Waals surface area contributed by atoms with Gasteiger partial charge in [-0.1, -0.05) is 32.1 Å². The van der Waals surface area contributed by atoms with E-state index in [4.69, 9.17) is 4.74 Å².